The third-order valence-corrected chi connectivity index (χ3v) is 3.72. The fourth-order valence-corrected chi connectivity index (χ4v) is 2.09. The van der Waals surface area contributed by atoms with Gasteiger partial charge in [-0.15, -0.1) is 0 Å². The van der Waals surface area contributed by atoms with E-state index in [-0.39, 0.29) is 0 Å². The predicted molar refractivity (Wildman–Crippen MR) is 74.3 cm³/mol. The summed E-state index contributed by atoms with van der Waals surface area (Å²) in [5.74, 6) is 0. The van der Waals surface area contributed by atoms with Gasteiger partial charge >= 0.3 is 0 Å². The predicted octanol–water partition coefficient (Wildman–Crippen LogP) is 4.16. The maximum absolute atomic E-state index is 6.11. The van der Waals surface area contributed by atoms with Gasteiger partial charge in [0, 0.05) is 36.9 Å². The van der Waals surface area contributed by atoms with Crippen LogP contribution in [0.2, 0.25) is 15.1 Å². The number of benzene rings is 1. The van der Waals surface area contributed by atoms with E-state index >= 15 is 0 Å². The van der Waals surface area contributed by atoms with Crippen molar-refractivity contribution in [2.75, 3.05) is 13.7 Å². The van der Waals surface area contributed by atoms with Crippen LogP contribution < -0.4 is 5.32 Å². The first kappa shape index (κ1) is 15.1. The molecule has 0 spiro atoms. The molecule has 0 bridgehead atoms. The molecular weight excluding hydrogens is 280 g/mol. The van der Waals surface area contributed by atoms with Gasteiger partial charge in [-0.1, -0.05) is 34.8 Å². The normalized spacial score (nSPS) is 12.8. The molecule has 96 valence electrons. The Kier molecular flexibility index (Phi) is 6.60. The second kappa shape index (κ2) is 7.45. The number of hydrogen-bond acceptors (Lipinski definition) is 2. The lowest BCUT2D eigenvalue weighted by atomic mass is 10.2. The SMILES string of the molecule is COCCC(C)NCc1c(Cl)ccc(Cl)c1Cl. The Bertz CT molecular complexity index is 371. The molecule has 0 aromatic heterocycles. The van der Waals surface area contributed by atoms with E-state index in [1.54, 1.807) is 19.2 Å². The van der Waals surface area contributed by atoms with E-state index in [1.807, 2.05) is 0 Å². The summed E-state index contributed by atoms with van der Waals surface area (Å²) in [7, 11) is 1.69. The Hall–Kier alpha value is 0.01000. The third kappa shape index (κ3) is 4.65. The molecule has 5 heteroatoms. The molecule has 0 saturated heterocycles. The highest BCUT2D eigenvalue weighted by molar-refractivity contribution is 6.44. The van der Waals surface area contributed by atoms with Crippen LogP contribution in [-0.4, -0.2) is 19.8 Å². The number of methoxy groups -OCH3 is 1. The summed E-state index contributed by atoms with van der Waals surface area (Å²) in [6.45, 7) is 3.42. The van der Waals surface area contributed by atoms with Crippen LogP contribution >= 0.6 is 34.8 Å². The summed E-state index contributed by atoms with van der Waals surface area (Å²) in [6, 6.07) is 3.79. The third-order valence-electron chi connectivity index (χ3n) is 2.52. The van der Waals surface area contributed by atoms with Crippen LogP contribution in [0.4, 0.5) is 0 Å². The number of rotatable bonds is 6. The molecular formula is C12H16Cl3NO. The maximum atomic E-state index is 6.11. The van der Waals surface area contributed by atoms with Crippen molar-refractivity contribution in [3.8, 4) is 0 Å². The summed E-state index contributed by atoms with van der Waals surface area (Å²) in [4.78, 5) is 0. The molecule has 0 aliphatic carbocycles. The molecule has 0 aliphatic heterocycles. The second-order valence-corrected chi connectivity index (χ2v) is 5.08. The monoisotopic (exact) mass is 295 g/mol. The summed E-state index contributed by atoms with van der Waals surface area (Å²) < 4.78 is 5.02. The van der Waals surface area contributed by atoms with Gasteiger partial charge in [-0.05, 0) is 25.5 Å². The van der Waals surface area contributed by atoms with Crippen molar-refractivity contribution in [3.05, 3.63) is 32.8 Å². The molecule has 1 N–H and O–H groups in total. The van der Waals surface area contributed by atoms with Crippen LogP contribution in [-0.2, 0) is 11.3 Å². The standard InChI is InChI=1S/C12H16Cl3NO/c1-8(5-6-17-2)16-7-9-10(13)3-4-11(14)12(9)15/h3-4,8,16H,5-7H2,1-2H3. The Labute approximate surface area is 117 Å². The zero-order valence-corrected chi connectivity index (χ0v) is 12.2. The van der Waals surface area contributed by atoms with Gasteiger partial charge in [-0.2, -0.15) is 0 Å². The van der Waals surface area contributed by atoms with E-state index in [2.05, 4.69) is 12.2 Å². The van der Waals surface area contributed by atoms with Crippen LogP contribution in [0.5, 0.6) is 0 Å². The first-order chi connectivity index (χ1) is 8.06. The number of ether oxygens (including phenoxy) is 1. The number of nitrogens with one attached hydrogen (secondary N) is 1. The van der Waals surface area contributed by atoms with E-state index < -0.39 is 0 Å². The highest BCUT2D eigenvalue weighted by atomic mass is 35.5. The summed E-state index contributed by atoms with van der Waals surface area (Å²) in [5.41, 5.74) is 0.838. The minimum Gasteiger partial charge on any atom is -0.385 e. The molecule has 0 aliphatic rings. The molecule has 1 rings (SSSR count). The van der Waals surface area contributed by atoms with Crippen LogP contribution in [0, 0.1) is 0 Å². The summed E-state index contributed by atoms with van der Waals surface area (Å²) in [6.07, 6.45) is 0.937. The number of halogens is 3. The van der Waals surface area contributed by atoms with Crippen molar-refractivity contribution in [2.45, 2.75) is 25.9 Å². The van der Waals surface area contributed by atoms with E-state index in [0.29, 0.717) is 27.7 Å². The molecule has 0 amide bonds. The molecule has 1 unspecified atom stereocenters. The molecule has 1 atom stereocenters. The largest absolute Gasteiger partial charge is 0.385 e. The van der Waals surface area contributed by atoms with Gasteiger partial charge in [0.05, 0.1) is 10.0 Å². The Morgan fingerprint density at radius 3 is 2.53 bits per heavy atom. The highest BCUT2D eigenvalue weighted by Crippen LogP contribution is 2.31. The summed E-state index contributed by atoms with van der Waals surface area (Å²) in [5, 5.41) is 5.01. The van der Waals surface area contributed by atoms with Gasteiger partial charge in [0.2, 0.25) is 0 Å². The van der Waals surface area contributed by atoms with Gasteiger partial charge < -0.3 is 10.1 Å². The Morgan fingerprint density at radius 1 is 1.24 bits per heavy atom. The fourth-order valence-electron chi connectivity index (χ4n) is 1.40. The Morgan fingerprint density at radius 2 is 1.88 bits per heavy atom. The molecule has 0 saturated carbocycles. The summed E-state index contributed by atoms with van der Waals surface area (Å²) >= 11 is 18.1. The van der Waals surface area contributed by atoms with Crippen LogP contribution in [0.25, 0.3) is 0 Å². The first-order valence-corrected chi connectivity index (χ1v) is 6.54. The zero-order chi connectivity index (χ0) is 12.8. The average molecular weight is 297 g/mol. The first-order valence-electron chi connectivity index (χ1n) is 5.41. The van der Waals surface area contributed by atoms with Gasteiger partial charge in [-0.3, -0.25) is 0 Å². The van der Waals surface area contributed by atoms with Gasteiger partial charge in [0.15, 0.2) is 0 Å². The molecule has 0 heterocycles. The van der Waals surface area contributed by atoms with Gasteiger partial charge in [0.25, 0.3) is 0 Å². The maximum Gasteiger partial charge on any atom is 0.0652 e. The van der Waals surface area contributed by atoms with Gasteiger partial charge in [0.1, 0.15) is 0 Å². The molecule has 17 heavy (non-hydrogen) atoms. The molecule has 0 radical (unpaired) electrons. The topological polar surface area (TPSA) is 21.3 Å². The van der Waals surface area contributed by atoms with Crippen molar-refractivity contribution in [1.82, 2.24) is 5.32 Å². The van der Waals surface area contributed by atoms with E-state index in [9.17, 15) is 0 Å². The lowest BCUT2D eigenvalue weighted by Gasteiger charge is -2.15. The second-order valence-electron chi connectivity index (χ2n) is 3.89. The van der Waals surface area contributed by atoms with E-state index in [0.717, 1.165) is 18.6 Å². The highest BCUT2D eigenvalue weighted by Gasteiger charge is 2.10. The van der Waals surface area contributed by atoms with E-state index in [4.69, 9.17) is 39.5 Å². The van der Waals surface area contributed by atoms with Crippen molar-refractivity contribution >= 4 is 34.8 Å². The lowest BCUT2D eigenvalue weighted by Crippen LogP contribution is -2.26. The quantitative estimate of drug-likeness (QED) is 0.796. The minimum atomic E-state index is 0.334. The van der Waals surface area contributed by atoms with Crippen molar-refractivity contribution in [2.24, 2.45) is 0 Å². The van der Waals surface area contributed by atoms with E-state index in [1.165, 1.54) is 0 Å². The van der Waals surface area contributed by atoms with Crippen molar-refractivity contribution in [1.29, 1.82) is 0 Å². The molecule has 1 aromatic carbocycles. The van der Waals surface area contributed by atoms with Crippen LogP contribution in [0.15, 0.2) is 12.1 Å². The zero-order valence-electron chi connectivity index (χ0n) is 9.90. The molecule has 1 aromatic rings. The fraction of sp³-hybridized carbons (Fsp3) is 0.500. The smallest absolute Gasteiger partial charge is 0.0652 e. The van der Waals surface area contributed by atoms with Gasteiger partial charge in [-0.25, -0.2) is 0 Å². The van der Waals surface area contributed by atoms with Crippen molar-refractivity contribution < 1.29 is 4.74 Å². The molecule has 2 nitrogen and oxygen atoms in total. The van der Waals surface area contributed by atoms with Crippen LogP contribution in [0.3, 0.4) is 0 Å². The lowest BCUT2D eigenvalue weighted by molar-refractivity contribution is 0.184. The Balaban J connectivity index is 2.60. The average Bonchev–Trinajstić information content (AvgIpc) is 2.31. The molecule has 0 fully saturated rings. The van der Waals surface area contributed by atoms with Crippen molar-refractivity contribution in [3.63, 3.8) is 0 Å². The number of hydrogen-bond donors (Lipinski definition) is 1. The van der Waals surface area contributed by atoms with Crippen LogP contribution in [0.1, 0.15) is 18.9 Å². The minimum absolute atomic E-state index is 0.334.